The average Bonchev–Trinajstić information content (AvgIpc) is 2.82. The van der Waals surface area contributed by atoms with E-state index in [4.69, 9.17) is 4.74 Å². The molecule has 1 amide bonds. The second-order valence-electron chi connectivity index (χ2n) is 4.45. The van der Waals surface area contributed by atoms with Crippen LogP contribution in [0.25, 0.3) is 10.4 Å². The molecule has 2 N–H and O–H groups in total. The summed E-state index contributed by atoms with van der Waals surface area (Å²) >= 11 is 4.36. The molecule has 23 heavy (non-hydrogen) atoms. The van der Waals surface area contributed by atoms with Crippen LogP contribution in [0.5, 0.6) is 5.75 Å². The summed E-state index contributed by atoms with van der Waals surface area (Å²) < 4.78 is 5.68. The van der Waals surface area contributed by atoms with Crippen LogP contribution in [-0.4, -0.2) is 29.9 Å². The molecule has 0 bridgehead atoms. The first-order valence-corrected chi connectivity index (χ1v) is 8.05. The zero-order valence-electron chi connectivity index (χ0n) is 12.0. The number of anilines is 1. The number of hydrogen-bond acceptors (Lipinski definition) is 5. The minimum Gasteiger partial charge on any atom is -0.483 e. The van der Waals surface area contributed by atoms with E-state index in [1.165, 1.54) is 6.92 Å². The number of halogens is 1. The quantitative estimate of drug-likeness (QED) is 0.728. The number of aromatic carboxylic acids is 1. The maximum atomic E-state index is 11.4. The fourth-order valence-electron chi connectivity index (χ4n) is 1.91. The van der Waals surface area contributed by atoms with Gasteiger partial charge in [0.2, 0.25) is 5.91 Å². The molecule has 0 aliphatic heterocycles. The number of hydrogen-bond donors (Lipinski definition) is 2. The summed E-state index contributed by atoms with van der Waals surface area (Å²) in [6, 6.07) is 7.00. The lowest BCUT2D eigenvalue weighted by Crippen LogP contribution is -2.05. The first-order valence-electron chi connectivity index (χ1n) is 6.44. The van der Waals surface area contributed by atoms with Crippen molar-refractivity contribution in [2.75, 3.05) is 11.9 Å². The smallest absolute Gasteiger partial charge is 0.349 e. The fourth-order valence-corrected chi connectivity index (χ4v) is 3.80. The molecule has 0 unspecified atom stereocenters. The van der Waals surface area contributed by atoms with Gasteiger partial charge in [-0.25, -0.2) is 4.79 Å². The SMILES string of the molecule is CC(=O)Nc1cccc(-c2sc(C(=O)O)c(OCC=O)c2Br)c1. The Bertz CT molecular complexity index is 771. The summed E-state index contributed by atoms with van der Waals surface area (Å²) in [7, 11) is 0. The van der Waals surface area contributed by atoms with Crippen molar-refractivity contribution in [2.45, 2.75) is 6.92 Å². The highest BCUT2D eigenvalue weighted by molar-refractivity contribution is 9.10. The van der Waals surface area contributed by atoms with Gasteiger partial charge in [0.05, 0.1) is 9.35 Å². The molecular formula is C15H12BrNO5S. The second-order valence-corrected chi connectivity index (χ2v) is 6.26. The Morgan fingerprint density at radius 2 is 2.17 bits per heavy atom. The van der Waals surface area contributed by atoms with Crippen molar-refractivity contribution in [3.63, 3.8) is 0 Å². The van der Waals surface area contributed by atoms with Crippen LogP contribution in [0.1, 0.15) is 16.6 Å². The van der Waals surface area contributed by atoms with Gasteiger partial charge in [-0.3, -0.25) is 9.59 Å². The molecule has 2 rings (SSSR count). The molecule has 8 heteroatoms. The summed E-state index contributed by atoms with van der Waals surface area (Å²) in [6.07, 6.45) is 0.548. The maximum absolute atomic E-state index is 11.4. The van der Waals surface area contributed by atoms with Crippen LogP contribution in [0.2, 0.25) is 0 Å². The maximum Gasteiger partial charge on any atom is 0.349 e. The number of carboxylic acids is 1. The lowest BCUT2D eigenvalue weighted by atomic mass is 10.1. The van der Waals surface area contributed by atoms with E-state index >= 15 is 0 Å². The van der Waals surface area contributed by atoms with Crippen LogP contribution in [0.4, 0.5) is 5.69 Å². The molecule has 0 fully saturated rings. The van der Waals surface area contributed by atoms with Crippen molar-refractivity contribution in [3.05, 3.63) is 33.6 Å². The van der Waals surface area contributed by atoms with Gasteiger partial charge in [0.15, 0.2) is 16.9 Å². The van der Waals surface area contributed by atoms with Gasteiger partial charge in [-0.05, 0) is 33.6 Å². The molecule has 0 saturated heterocycles. The van der Waals surface area contributed by atoms with Crippen LogP contribution < -0.4 is 10.1 Å². The number of carboxylic acid groups (broad SMARTS) is 1. The predicted octanol–water partition coefficient (Wildman–Crippen LogP) is 3.41. The van der Waals surface area contributed by atoms with Crippen molar-refractivity contribution in [3.8, 4) is 16.2 Å². The third-order valence-electron chi connectivity index (χ3n) is 2.74. The molecule has 0 aliphatic rings. The number of benzene rings is 1. The summed E-state index contributed by atoms with van der Waals surface area (Å²) in [6.45, 7) is 1.17. The lowest BCUT2D eigenvalue weighted by Gasteiger charge is -2.05. The summed E-state index contributed by atoms with van der Waals surface area (Å²) in [5.74, 6) is -1.22. The molecule has 0 saturated carbocycles. The molecule has 0 spiro atoms. The topological polar surface area (TPSA) is 92.7 Å². The van der Waals surface area contributed by atoms with Gasteiger partial charge in [0.25, 0.3) is 0 Å². The highest BCUT2D eigenvalue weighted by Crippen LogP contribution is 2.45. The molecule has 1 aromatic carbocycles. The number of thiophene rings is 1. The number of rotatable bonds is 6. The van der Waals surface area contributed by atoms with Gasteiger partial charge >= 0.3 is 5.97 Å². The first kappa shape index (κ1) is 17.2. The minimum atomic E-state index is -1.14. The van der Waals surface area contributed by atoms with E-state index in [2.05, 4.69) is 21.2 Å². The Kier molecular flexibility index (Phi) is 5.51. The Morgan fingerprint density at radius 3 is 2.78 bits per heavy atom. The largest absolute Gasteiger partial charge is 0.483 e. The Morgan fingerprint density at radius 1 is 1.43 bits per heavy atom. The number of carbonyl (C=O) groups excluding carboxylic acids is 2. The van der Waals surface area contributed by atoms with Crippen LogP contribution in [-0.2, 0) is 9.59 Å². The molecule has 0 atom stereocenters. The van der Waals surface area contributed by atoms with Crippen molar-refractivity contribution < 1.29 is 24.2 Å². The molecule has 1 heterocycles. The van der Waals surface area contributed by atoms with E-state index in [-0.39, 0.29) is 23.1 Å². The zero-order valence-corrected chi connectivity index (χ0v) is 14.4. The summed E-state index contributed by atoms with van der Waals surface area (Å²) in [4.78, 5) is 33.6. The van der Waals surface area contributed by atoms with Gasteiger partial charge in [-0.1, -0.05) is 12.1 Å². The third-order valence-corrected chi connectivity index (χ3v) is 4.97. The van der Waals surface area contributed by atoms with E-state index in [0.29, 0.717) is 21.3 Å². The van der Waals surface area contributed by atoms with E-state index in [0.717, 1.165) is 16.9 Å². The van der Waals surface area contributed by atoms with Gasteiger partial charge in [0.1, 0.15) is 6.61 Å². The zero-order chi connectivity index (χ0) is 17.0. The summed E-state index contributed by atoms with van der Waals surface area (Å²) in [5, 5.41) is 12.0. The van der Waals surface area contributed by atoms with Gasteiger partial charge in [0, 0.05) is 12.6 Å². The van der Waals surface area contributed by atoms with E-state index < -0.39 is 5.97 Å². The third kappa shape index (κ3) is 3.96. The second kappa shape index (κ2) is 7.38. The molecule has 1 aromatic heterocycles. The normalized spacial score (nSPS) is 10.2. The molecular weight excluding hydrogens is 386 g/mol. The standard InChI is InChI=1S/C15H12BrNO5S/c1-8(19)17-10-4-2-3-9(7-10)13-11(16)12(22-6-5-18)14(23-13)15(20)21/h2-5,7H,6H2,1H3,(H,17,19)(H,20,21). The van der Waals surface area contributed by atoms with Crippen molar-refractivity contribution in [1.29, 1.82) is 0 Å². The van der Waals surface area contributed by atoms with Gasteiger partial charge in [-0.15, -0.1) is 11.3 Å². The van der Waals surface area contributed by atoms with Crippen molar-refractivity contribution in [2.24, 2.45) is 0 Å². The number of carbonyl (C=O) groups is 3. The minimum absolute atomic E-state index is 0.00125. The van der Waals surface area contributed by atoms with Gasteiger partial charge in [-0.2, -0.15) is 0 Å². The van der Waals surface area contributed by atoms with Crippen LogP contribution in [0.3, 0.4) is 0 Å². The van der Waals surface area contributed by atoms with Crippen LogP contribution in [0, 0.1) is 0 Å². The molecule has 0 aliphatic carbocycles. The molecule has 6 nitrogen and oxygen atoms in total. The summed E-state index contributed by atoms with van der Waals surface area (Å²) in [5.41, 5.74) is 1.32. The Labute approximate surface area is 144 Å². The highest BCUT2D eigenvalue weighted by Gasteiger charge is 2.23. The van der Waals surface area contributed by atoms with Crippen molar-refractivity contribution >= 4 is 51.1 Å². The monoisotopic (exact) mass is 397 g/mol. The Hall–Kier alpha value is -2.19. The number of nitrogens with one attached hydrogen (secondary N) is 1. The van der Waals surface area contributed by atoms with Crippen LogP contribution >= 0.6 is 27.3 Å². The molecule has 120 valence electrons. The number of amides is 1. The van der Waals surface area contributed by atoms with E-state index in [1.54, 1.807) is 24.3 Å². The molecule has 2 aromatic rings. The molecule has 0 radical (unpaired) electrons. The fraction of sp³-hybridized carbons (Fsp3) is 0.133. The highest BCUT2D eigenvalue weighted by atomic mass is 79.9. The lowest BCUT2D eigenvalue weighted by molar-refractivity contribution is -0.114. The van der Waals surface area contributed by atoms with E-state index in [1.807, 2.05) is 0 Å². The van der Waals surface area contributed by atoms with Crippen LogP contribution in [0.15, 0.2) is 28.7 Å². The average molecular weight is 398 g/mol. The Balaban J connectivity index is 2.49. The predicted molar refractivity (Wildman–Crippen MR) is 90.3 cm³/mol. The number of ether oxygens (including phenoxy) is 1. The number of aldehydes is 1. The van der Waals surface area contributed by atoms with Crippen molar-refractivity contribution in [1.82, 2.24) is 0 Å². The van der Waals surface area contributed by atoms with Gasteiger partial charge < -0.3 is 15.2 Å². The van der Waals surface area contributed by atoms with E-state index in [9.17, 15) is 19.5 Å². The first-order chi connectivity index (χ1) is 10.9.